The summed E-state index contributed by atoms with van der Waals surface area (Å²) < 4.78 is 0. The predicted molar refractivity (Wildman–Crippen MR) is 98.3 cm³/mol. The lowest BCUT2D eigenvalue weighted by molar-refractivity contribution is 0.0673. The minimum atomic E-state index is 0.0915. The van der Waals surface area contributed by atoms with Crippen LogP contribution in [0, 0.1) is 5.92 Å². The number of pyridine rings is 2. The van der Waals surface area contributed by atoms with Crippen molar-refractivity contribution < 1.29 is 4.79 Å². The van der Waals surface area contributed by atoms with Gasteiger partial charge >= 0.3 is 0 Å². The summed E-state index contributed by atoms with van der Waals surface area (Å²) >= 11 is 0. The first-order valence-electron chi connectivity index (χ1n) is 8.83. The molecule has 0 unspecified atom stereocenters. The van der Waals surface area contributed by atoms with Crippen LogP contribution in [-0.4, -0.2) is 33.9 Å². The second-order valence-electron chi connectivity index (χ2n) is 6.70. The number of amides is 1. The molecule has 0 aliphatic carbocycles. The van der Waals surface area contributed by atoms with E-state index in [1.165, 1.54) is 10.9 Å². The molecule has 1 aliphatic rings. The number of hydrogen-bond acceptors (Lipinski definition) is 3. The number of para-hydroxylation sites is 1. The van der Waals surface area contributed by atoms with Crippen LogP contribution in [-0.2, 0) is 6.42 Å². The molecule has 3 heterocycles. The summed E-state index contributed by atoms with van der Waals surface area (Å²) in [6, 6.07) is 14.1. The summed E-state index contributed by atoms with van der Waals surface area (Å²) in [5.41, 5.74) is 3.04. The molecule has 0 saturated carbocycles. The standard InChI is InChI=1S/C21H21N3O/c25-21(19-9-2-10-22-14-19)24-12-4-5-16(15-24)13-18-7-1-6-17-8-3-11-23-20(17)18/h1-3,6-11,14,16H,4-5,12-13,15H2/t16-/m0/s1. The van der Waals surface area contributed by atoms with Crippen molar-refractivity contribution in [1.82, 2.24) is 14.9 Å². The van der Waals surface area contributed by atoms with E-state index in [1.54, 1.807) is 12.4 Å². The minimum absolute atomic E-state index is 0.0915. The van der Waals surface area contributed by atoms with E-state index in [-0.39, 0.29) is 5.91 Å². The summed E-state index contributed by atoms with van der Waals surface area (Å²) in [7, 11) is 0. The molecule has 1 fully saturated rings. The van der Waals surface area contributed by atoms with E-state index in [9.17, 15) is 4.79 Å². The summed E-state index contributed by atoms with van der Waals surface area (Å²) in [5.74, 6) is 0.566. The van der Waals surface area contributed by atoms with Gasteiger partial charge in [0.15, 0.2) is 0 Å². The van der Waals surface area contributed by atoms with Gasteiger partial charge in [0.2, 0.25) is 0 Å². The third kappa shape index (κ3) is 3.38. The molecule has 0 radical (unpaired) electrons. The number of hydrogen-bond donors (Lipinski definition) is 0. The maximum Gasteiger partial charge on any atom is 0.255 e. The largest absolute Gasteiger partial charge is 0.338 e. The normalized spacial score (nSPS) is 17.6. The Bertz CT molecular complexity index is 873. The van der Waals surface area contributed by atoms with Crippen molar-refractivity contribution >= 4 is 16.8 Å². The summed E-state index contributed by atoms with van der Waals surface area (Å²) in [5, 5.41) is 1.18. The number of carbonyl (C=O) groups is 1. The van der Waals surface area contributed by atoms with Crippen molar-refractivity contribution in [2.45, 2.75) is 19.3 Å². The Hall–Kier alpha value is -2.75. The van der Waals surface area contributed by atoms with Crippen LogP contribution in [0.4, 0.5) is 0 Å². The molecular formula is C21H21N3O. The Labute approximate surface area is 147 Å². The van der Waals surface area contributed by atoms with Crippen LogP contribution in [0.25, 0.3) is 10.9 Å². The molecule has 1 aromatic carbocycles. The van der Waals surface area contributed by atoms with Gasteiger partial charge in [-0.15, -0.1) is 0 Å². The summed E-state index contributed by atoms with van der Waals surface area (Å²) in [6.45, 7) is 1.63. The predicted octanol–water partition coefficient (Wildman–Crippen LogP) is 3.72. The molecule has 1 aliphatic heterocycles. The molecular weight excluding hydrogens is 310 g/mol. The summed E-state index contributed by atoms with van der Waals surface area (Å²) in [4.78, 5) is 23.3. The molecule has 0 bridgehead atoms. The zero-order valence-electron chi connectivity index (χ0n) is 14.1. The quantitative estimate of drug-likeness (QED) is 0.735. The lowest BCUT2D eigenvalue weighted by Gasteiger charge is -2.33. The van der Waals surface area contributed by atoms with Gasteiger partial charge in [0.1, 0.15) is 0 Å². The van der Waals surface area contributed by atoms with Gasteiger partial charge in [0.25, 0.3) is 5.91 Å². The van der Waals surface area contributed by atoms with E-state index in [0.717, 1.165) is 37.9 Å². The second-order valence-corrected chi connectivity index (χ2v) is 6.70. The fraction of sp³-hybridized carbons (Fsp3) is 0.286. The van der Waals surface area contributed by atoms with Crippen LogP contribution in [0.2, 0.25) is 0 Å². The fourth-order valence-electron chi connectivity index (χ4n) is 3.73. The smallest absolute Gasteiger partial charge is 0.255 e. The van der Waals surface area contributed by atoms with Gasteiger partial charge in [0, 0.05) is 37.1 Å². The molecule has 1 amide bonds. The molecule has 126 valence electrons. The first-order valence-corrected chi connectivity index (χ1v) is 8.83. The van der Waals surface area contributed by atoms with Gasteiger partial charge < -0.3 is 4.90 Å². The van der Waals surface area contributed by atoms with Gasteiger partial charge in [-0.2, -0.15) is 0 Å². The third-order valence-electron chi connectivity index (χ3n) is 4.94. The zero-order valence-corrected chi connectivity index (χ0v) is 14.1. The van der Waals surface area contributed by atoms with E-state index < -0.39 is 0 Å². The maximum absolute atomic E-state index is 12.7. The maximum atomic E-state index is 12.7. The number of aromatic nitrogens is 2. The molecule has 3 aromatic rings. The highest BCUT2D eigenvalue weighted by molar-refractivity contribution is 5.94. The fourth-order valence-corrected chi connectivity index (χ4v) is 3.73. The molecule has 1 atom stereocenters. The van der Waals surface area contributed by atoms with Crippen molar-refractivity contribution in [3.8, 4) is 0 Å². The highest BCUT2D eigenvalue weighted by atomic mass is 16.2. The zero-order chi connectivity index (χ0) is 17.1. The van der Waals surface area contributed by atoms with E-state index in [0.29, 0.717) is 11.5 Å². The van der Waals surface area contributed by atoms with E-state index in [2.05, 4.69) is 34.2 Å². The van der Waals surface area contributed by atoms with Gasteiger partial charge in [-0.05, 0) is 48.9 Å². The SMILES string of the molecule is O=C(c1cccnc1)N1CCC[C@@H](Cc2cccc3cccnc23)C1. The van der Waals surface area contributed by atoms with Crippen LogP contribution < -0.4 is 0 Å². The average Bonchev–Trinajstić information content (AvgIpc) is 2.69. The Balaban J connectivity index is 1.51. The molecule has 4 rings (SSSR count). The number of carbonyl (C=O) groups excluding carboxylic acids is 1. The number of rotatable bonds is 3. The monoisotopic (exact) mass is 331 g/mol. The number of nitrogens with zero attached hydrogens (tertiary/aromatic N) is 3. The van der Waals surface area contributed by atoms with E-state index >= 15 is 0 Å². The molecule has 25 heavy (non-hydrogen) atoms. The number of piperidine rings is 1. The van der Waals surface area contributed by atoms with Crippen LogP contribution in [0.3, 0.4) is 0 Å². The van der Waals surface area contributed by atoms with Crippen molar-refractivity contribution in [3.05, 3.63) is 72.2 Å². The minimum Gasteiger partial charge on any atom is -0.338 e. The highest BCUT2D eigenvalue weighted by Gasteiger charge is 2.25. The van der Waals surface area contributed by atoms with Crippen molar-refractivity contribution in [3.63, 3.8) is 0 Å². The lowest BCUT2D eigenvalue weighted by Crippen LogP contribution is -2.40. The number of fused-ring (bicyclic) bond motifs is 1. The summed E-state index contributed by atoms with van der Waals surface area (Å²) in [6.07, 6.45) is 8.37. The van der Waals surface area contributed by atoms with E-state index in [4.69, 9.17) is 0 Å². The van der Waals surface area contributed by atoms with Gasteiger partial charge in [-0.25, -0.2) is 0 Å². The Morgan fingerprint density at radius 2 is 2.00 bits per heavy atom. The molecule has 2 aromatic heterocycles. The van der Waals surface area contributed by atoms with Gasteiger partial charge in [0.05, 0.1) is 11.1 Å². The van der Waals surface area contributed by atoms with Crippen LogP contribution in [0.1, 0.15) is 28.8 Å². The lowest BCUT2D eigenvalue weighted by atomic mass is 9.90. The van der Waals surface area contributed by atoms with Crippen LogP contribution >= 0.6 is 0 Å². The molecule has 4 heteroatoms. The van der Waals surface area contributed by atoms with Crippen molar-refractivity contribution in [1.29, 1.82) is 0 Å². The Morgan fingerprint density at radius 3 is 2.88 bits per heavy atom. The molecule has 1 saturated heterocycles. The van der Waals surface area contributed by atoms with Gasteiger partial charge in [-0.3, -0.25) is 14.8 Å². The van der Waals surface area contributed by atoms with Gasteiger partial charge in [-0.1, -0.05) is 24.3 Å². The Kier molecular flexibility index (Phi) is 4.42. The average molecular weight is 331 g/mol. The topological polar surface area (TPSA) is 46.1 Å². The van der Waals surface area contributed by atoms with Crippen molar-refractivity contribution in [2.24, 2.45) is 5.92 Å². The van der Waals surface area contributed by atoms with Crippen LogP contribution in [0.15, 0.2) is 61.1 Å². The van der Waals surface area contributed by atoms with Crippen LogP contribution in [0.5, 0.6) is 0 Å². The Morgan fingerprint density at radius 1 is 1.12 bits per heavy atom. The number of likely N-dealkylation sites (tertiary alicyclic amines) is 1. The highest BCUT2D eigenvalue weighted by Crippen LogP contribution is 2.25. The van der Waals surface area contributed by atoms with E-state index in [1.807, 2.05) is 29.3 Å². The first-order chi connectivity index (χ1) is 12.3. The molecule has 4 nitrogen and oxygen atoms in total. The first kappa shape index (κ1) is 15.8. The third-order valence-corrected chi connectivity index (χ3v) is 4.94. The molecule has 0 spiro atoms. The van der Waals surface area contributed by atoms with Crippen molar-refractivity contribution in [2.75, 3.05) is 13.1 Å². The number of benzene rings is 1. The molecule has 0 N–H and O–H groups in total. The second kappa shape index (κ2) is 7.01.